The number of hydrogen-bond donors (Lipinski definition) is 0. The topological polar surface area (TPSA) is 44.9 Å². The van der Waals surface area contributed by atoms with Gasteiger partial charge in [0.2, 0.25) is 0 Å². The third-order valence-electron chi connectivity index (χ3n) is 9.49. The summed E-state index contributed by atoms with van der Waals surface area (Å²) < 4.78 is 11.1. The van der Waals surface area contributed by atoms with Crippen molar-refractivity contribution in [1.29, 1.82) is 0 Å². The molecule has 3 aromatic heterocycles. The van der Waals surface area contributed by atoms with E-state index in [0.717, 1.165) is 68.4 Å². The van der Waals surface area contributed by atoms with Gasteiger partial charge in [-0.05, 0) is 109 Å². The molecule has 3 heterocycles. The van der Waals surface area contributed by atoms with Gasteiger partial charge in [-0.2, -0.15) is 5.10 Å². The quantitative estimate of drug-likeness (QED) is 0.170. The number of fused-ring (bicyclic) bond motifs is 3. The third kappa shape index (κ3) is 6.32. The summed E-state index contributed by atoms with van der Waals surface area (Å²) in [5.41, 5.74) is 12.4. The van der Waals surface area contributed by atoms with Crippen molar-refractivity contribution in [2.45, 2.75) is 48.0 Å². The van der Waals surface area contributed by atoms with Crippen molar-refractivity contribution in [3.8, 4) is 45.3 Å². The molecule has 0 spiro atoms. The molecule has 0 aliphatic rings. The molecule has 0 saturated heterocycles. The van der Waals surface area contributed by atoms with E-state index in [1.165, 1.54) is 27.6 Å². The molecule has 0 atom stereocenters. The summed E-state index contributed by atoms with van der Waals surface area (Å²) in [6, 6.07) is 44.9. The van der Waals surface area contributed by atoms with Crippen molar-refractivity contribution in [3.63, 3.8) is 0 Å². The van der Waals surface area contributed by atoms with Gasteiger partial charge in [0, 0.05) is 40.4 Å². The molecule has 8 aromatic rings. The number of hydrogen-bond acceptors (Lipinski definition) is 3. The van der Waals surface area contributed by atoms with Gasteiger partial charge in [-0.25, -0.2) is 9.67 Å². The zero-order valence-corrected chi connectivity index (χ0v) is 30.1. The zero-order chi connectivity index (χ0) is 35.3. The molecule has 5 nitrogen and oxygen atoms in total. The summed E-state index contributed by atoms with van der Waals surface area (Å²) in [6.45, 7) is 13.1. The fourth-order valence-corrected chi connectivity index (χ4v) is 7.36. The molecule has 8 rings (SSSR count). The minimum Gasteiger partial charge on any atom is -0.457 e. The van der Waals surface area contributed by atoms with Crippen LogP contribution in [0.2, 0.25) is 0 Å². The number of aryl methyl sites for hydroxylation is 2. The first-order chi connectivity index (χ1) is 24.6. The Morgan fingerprint density at radius 2 is 1.37 bits per heavy atom. The second kappa shape index (κ2) is 12.7. The third-order valence-corrected chi connectivity index (χ3v) is 9.49. The van der Waals surface area contributed by atoms with E-state index in [2.05, 4.69) is 172 Å². The second-order valence-corrected chi connectivity index (χ2v) is 14.8. The van der Waals surface area contributed by atoms with Crippen LogP contribution in [0.4, 0.5) is 0 Å². The van der Waals surface area contributed by atoms with Gasteiger partial charge in [0.05, 0.1) is 22.4 Å². The van der Waals surface area contributed by atoms with Crippen LogP contribution < -0.4 is 4.74 Å². The van der Waals surface area contributed by atoms with Crippen molar-refractivity contribution in [3.05, 3.63) is 156 Å². The van der Waals surface area contributed by atoms with Crippen molar-refractivity contribution in [2.75, 3.05) is 0 Å². The molecule has 0 bridgehead atoms. The molecule has 0 N–H and O–H groups in total. The van der Waals surface area contributed by atoms with Gasteiger partial charge in [0.25, 0.3) is 0 Å². The molecule has 252 valence electrons. The van der Waals surface area contributed by atoms with Gasteiger partial charge in [0.15, 0.2) is 0 Å². The summed E-state index contributed by atoms with van der Waals surface area (Å²) in [5, 5.41) is 7.36. The summed E-state index contributed by atoms with van der Waals surface area (Å²) in [5.74, 6) is 2.43. The van der Waals surface area contributed by atoms with Gasteiger partial charge >= 0.3 is 0 Å². The summed E-state index contributed by atoms with van der Waals surface area (Å²) >= 11 is 0. The zero-order valence-electron chi connectivity index (χ0n) is 30.1. The molecule has 0 radical (unpaired) electrons. The van der Waals surface area contributed by atoms with E-state index in [0.29, 0.717) is 0 Å². The Balaban J connectivity index is 1.26. The van der Waals surface area contributed by atoms with Gasteiger partial charge < -0.3 is 4.74 Å². The van der Waals surface area contributed by atoms with E-state index < -0.39 is 0 Å². The largest absolute Gasteiger partial charge is 0.457 e. The van der Waals surface area contributed by atoms with E-state index in [9.17, 15) is 0 Å². The molecule has 0 aliphatic carbocycles. The first-order valence-electron chi connectivity index (χ1n) is 17.6. The minimum absolute atomic E-state index is 0.0967. The fourth-order valence-electron chi connectivity index (χ4n) is 7.36. The normalized spacial score (nSPS) is 11.8. The van der Waals surface area contributed by atoms with E-state index in [1.54, 1.807) is 0 Å². The molecular formula is C46H42N4O. The Kier molecular flexibility index (Phi) is 8.07. The fraction of sp³-hybridized carbons (Fsp3) is 0.174. The SMILES string of the molecule is Cc1ccnc(-n2c3ccc(-c4ccccc4)cc3c3ccc(Oc4cc(CC(C)(C)C)cc(-n5nc(C)c(-c6ccccc6)c5C)c4)cc32)c1. The average Bonchev–Trinajstić information content (AvgIpc) is 3.60. The lowest BCUT2D eigenvalue weighted by atomic mass is 9.88. The van der Waals surface area contributed by atoms with E-state index in [-0.39, 0.29) is 5.41 Å². The van der Waals surface area contributed by atoms with Crippen molar-refractivity contribution >= 4 is 21.8 Å². The Bertz CT molecular complexity index is 2540. The maximum absolute atomic E-state index is 6.79. The minimum atomic E-state index is 0.0967. The molecule has 0 unspecified atom stereocenters. The van der Waals surface area contributed by atoms with Crippen LogP contribution in [0.3, 0.4) is 0 Å². The Labute approximate surface area is 299 Å². The molecule has 5 aromatic carbocycles. The van der Waals surface area contributed by atoms with Crippen LogP contribution >= 0.6 is 0 Å². The molecular weight excluding hydrogens is 625 g/mol. The Morgan fingerprint density at radius 1 is 0.627 bits per heavy atom. The first-order valence-corrected chi connectivity index (χ1v) is 17.6. The lowest BCUT2D eigenvalue weighted by Gasteiger charge is -2.20. The number of rotatable bonds is 7. The van der Waals surface area contributed by atoms with Crippen LogP contribution in [0.5, 0.6) is 11.5 Å². The Hall–Kier alpha value is -5.94. The number of nitrogens with zero attached hydrogens (tertiary/aromatic N) is 4. The van der Waals surface area contributed by atoms with Crippen molar-refractivity contribution in [1.82, 2.24) is 19.3 Å². The van der Waals surface area contributed by atoms with Crippen LogP contribution in [0.25, 0.3) is 55.6 Å². The van der Waals surface area contributed by atoms with E-state index in [1.807, 2.05) is 12.3 Å². The number of benzene rings is 5. The summed E-state index contributed by atoms with van der Waals surface area (Å²) in [6.07, 6.45) is 2.78. The van der Waals surface area contributed by atoms with Crippen molar-refractivity contribution in [2.24, 2.45) is 5.41 Å². The Morgan fingerprint density at radius 3 is 2.10 bits per heavy atom. The summed E-state index contributed by atoms with van der Waals surface area (Å²) in [7, 11) is 0. The van der Waals surface area contributed by atoms with Gasteiger partial charge in [-0.1, -0.05) is 87.5 Å². The number of aromatic nitrogens is 4. The van der Waals surface area contributed by atoms with Gasteiger partial charge in [-0.15, -0.1) is 0 Å². The lowest BCUT2D eigenvalue weighted by molar-refractivity contribution is 0.409. The molecule has 0 fully saturated rings. The standard InChI is InChI=1S/C46H42N4O/c1-30-21-22-47-44(23-30)49-42-20-17-36(34-13-9-7-10-14-34)26-41(42)40-19-18-38(28-43(40)49)51-39-25-33(29-46(4,5)6)24-37(27-39)50-32(3)45(31(2)48-50)35-15-11-8-12-16-35/h7-28H,29H2,1-6H3. The molecule has 0 aliphatic heterocycles. The highest BCUT2D eigenvalue weighted by Gasteiger charge is 2.19. The highest BCUT2D eigenvalue weighted by atomic mass is 16.5. The predicted molar refractivity (Wildman–Crippen MR) is 210 cm³/mol. The second-order valence-electron chi connectivity index (χ2n) is 14.8. The highest BCUT2D eigenvalue weighted by molar-refractivity contribution is 6.10. The maximum Gasteiger partial charge on any atom is 0.137 e. The first kappa shape index (κ1) is 32.3. The average molecular weight is 667 g/mol. The van der Waals surface area contributed by atoms with Gasteiger partial charge in [-0.3, -0.25) is 4.57 Å². The monoisotopic (exact) mass is 666 g/mol. The van der Waals surface area contributed by atoms with Crippen LogP contribution in [-0.2, 0) is 6.42 Å². The highest BCUT2D eigenvalue weighted by Crippen LogP contribution is 2.38. The molecule has 51 heavy (non-hydrogen) atoms. The van der Waals surface area contributed by atoms with E-state index in [4.69, 9.17) is 14.8 Å². The number of ether oxygens (including phenoxy) is 1. The summed E-state index contributed by atoms with van der Waals surface area (Å²) in [4.78, 5) is 4.82. The van der Waals surface area contributed by atoms with Crippen LogP contribution in [0.1, 0.15) is 43.3 Å². The van der Waals surface area contributed by atoms with Crippen LogP contribution in [0.15, 0.2) is 134 Å². The maximum atomic E-state index is 6.79. The lowest BCUT2D eigenvalue weighted by Crippen LogP contribution is -2.10. The molecule has 5 heteroatoms. The van der Waals surface area contributed by atoms with Crippen LogP contribution in [0, 0.1) is 26.2 Å². The van der Waals surface area contributed by atoms with Crippen LogP contribution in [-0.4, -0.2) is 19.3 Å². The number of pyridine rings is 1. The van der Waals surface area contributed by atoms with Crippen molar-refractivity contribution < 1.29 is 4.74 Å². The van der Waals surface area contributed by atoms with Gasteiger partial charge in [0.1, 0.15) is 17.3 Å². The van der Waals surface area contributed by atoms with E-state index >= 15 is 0 Å². The molecule has 0 saturated carbocycles. The smallest absolute Gasteiger partial charge is 0.137 e. The molecule has 0 amide bonds. The predicted octanol–water partition coefficient (Wildman–Crippen LogP) is 12.0.